The van der Waals surface area contributed by atoms with Gasteiger partial charge in [-0.25, -0.2) is 0 Å². The number of nitrogens with one attached hydrogen (secondary N) is 1. The summed E-state index contributed by atoms with van der Waals surface area (Å²) in [4.78, 5) is 28.5. The maximum absolute atomic E-state index is 13.6. The normalized spacial score (nSPS) is 11.4. The molecular formula is C29H33ClN2O4. The summed E-state index contributed by atoms with van der Waals surface area (Å²) in [6, 6.07) is 23.3. The number of nitrogens with zero attached hydrogens (tertiary/aromatic N) is 1. The largest absolute Gasteiger partial charge is 0.497 e. The zero-order valence-corrected chi connectivity index (χ0v) is 21.5. The molecule has 3 aromatic carbocycles. The molecule has 7 heteroatoms. The average molecular weight is 509 g/mol. The van der Waals surface area contributed by atoms with Gasteiger partial charge in [-0.05, 0) is 53.9 Å². The van der Waals surface area contributed by atoms with Crippen molar-refractivity contribution in [1.82, 2.24) is 10.2 Å². The lowest BCUT2D eigenvalue weighted by Crippen LogP contribution is -2.51. The van der Waals surface area contributed by atoms with E-state index in [-0.39, 0.29) is 25.0 Å². The number of methoxy groups -OCH3 is 1. The molecule has 1 atom stereocenters. The van der Waals surface area contributed by atoms with Crippen molar-refractivity contribution < 1.29 is 19.1 Å². The van der Waals surface area contributed by atoms with Crippen LogP contribution in [0.4, 0.5) is 0 Å². The van der Waals surface area contributed by atoms with Crippen LogP contribution in [0.5, 0.6) is 11.5 Å². The number of hydrogen-bond acceptors (Lipinski definition) is 4. The summed E-state index contributed by atoms with van der Waals surface area (Å²) in [6.45, 7) is 2.64. The number of halogens is 1. The Morgan fingerprint density at radius 3 is 2.31 bits per heavy atom. The fraction of sp³-hybridized carbons (Fsp3) is 0.310. The Bertz CT molecular complexity index is 1110. The summed E-state index contributed by atoms with van der Waals surface area (Å²) in [5.74, 6) is 0.756. The number of unbranched alkanes of at least 4 members (excludes halogenated alkanes) is 1. The van der Waals surface area contributed by atoms with Crippen molar-refractivity contribution in [1.29, 1.82) is 0 Å². The van der Waals surface area contributed by atoms with E-state index in [1.807, 2.05) is 42.5 Å². The molecule has 0 radical (unpaired) electrons. The summed E-state index contributed by atoms with van der Waals surface area (Å²) in [7, 11) is 1.59. The number of rotatable bonds is 13. The van der Waals surface area contributed by atoms with E-state index in [1.54, 1.807) is 48.4 Å². The maximum atomic E-state index is 13.6. The summed E-state index contributed by atoms with van der Waals surface area (Å²) in [5.41, 5.74) is 1.80. The predicted molar refractivity (Wildman–Crippen MR) is 142 cm³/mol. The van der Waals surface area contributed by atoms with Crippen LogP contribution < -0.4 is 14.8 Å². The molecule has 6 nitrogen and oxygen atoms in total. The highest BCUT2D eigenvalue weighted by Gasteiger charge is 2.30. The van der Waals surface area contributed by atoms with Crippen LogP contribution >= 0.6 is 11.6 Å². The van der Waals surface area contributed by atoms with E-state index in [1.165, 1.54) is 0 Å². The summed E-state index contributed by atoms with van der Waals surface area (Å²) >= 11 is 6.21. The van der Waals surface area contributed by atoms with Crippen LogP contribution in [0, 0.1) is 0 Å². The Balaban J connectivity index is 1.86. The molecule has 0 spiro atoms. The van der Waals surface area contributed by atoms with Gasteiger partial charge >= 0.3 is 0 Å². The molecule has 3 aromatic rings. The molecule has 0 aromatic heterocycles. The van der Waals surface area contributed by atoms with E-state index in [2.05, 4.69) is 12.2 Å². The highest BCUT2D eigenvalue weighted by molar-refractivity contribution is 6.30. The van der Waals surface area contributed by atoms with Crippen molar-refractivity contribution in [2.24, 2.45) is 0 Å². The Hall–Kier alpha value is -3.51. The number of benzene rings is 3. The Morgan fingerprint density at radius 2 is 1.64 bits per heavy atom. The molecule has 0 heterocycles. The van der Waals surface area contributed by atoms with Gasteiger partial charge in [-0.15, -0.1) is 0 Å². The lowest BCUT2D eigenvalue weighted by Gasteiger charge is -2.31. The van der Waals surface area contributed by atoms with E-state index in [4.69, 9.17) is 21.1 Å². The monoisotopic (exact) mass is 508 g/mol. The molecule has 190 valence electrons. The van der Waals surface area contributed by atoms with Crippen LogP contribution in [0.1, 0.15) is 30.9 Å². The molecule has 36 heavy (non-hydrogen) atoms. The van der Waals surface area contributed by atoms with Crippen LogP contribution in [0.3, 0.4) is 0 Å². The molecule has 0 bridgehead atoms. The summed E-state index contributed by atoms with van der Waals surface area (Å²) < 4.78 is 11.0. The molecule has 0 saturated heterocycles. The van der Waals surface area contributed by atoms with Gasteiger partial charge in [0.05, 0.1) is 7.11 Å². The summed E-state index contributed by atoms with van der Waals surface area (Å²) in [6.07, 6.45) is 2.21. The maximum Gasteiger partial charge on any atom is 0.261 e. The third kappa shape index (κ3) is 8.31. The second kappa shape index (κ2) is 14.1. The SMILES string of the molecule is CCCCNC(=O)C(Cc1ccccc1)N(Cc1cccc(Cl)c1)C(=O)COc1ccc(OC)cc1. The van der Waals surface area contributed by atoms with Gasteiger partial charge in [0.2, 0.25) is 5.91 Å². The van der Waals surface area contributed by atoms with Crippen molar-refractivity contribution in [3.63, 3.8) is 0 Å². The Morgan fingerprint density at radius 1 is 0.944 bits per heavy atom. The highest BCUT2D eigenvalue weighted by atomic mass is 35.5. The van der Waals surface area contributed by atoms with E-state index in [9.17, 15) is 9.59 Å². The number of amides is 2. The zero-order chi connectivity index (χ0) is 25.8. The van der Waals surface area contributed by atoms with Crippen molar-refractivity contribution in [3.8, 4) is 11.5 Å². The van der Waals surface area contributed by atoms with Gasteiger partial charge < -0.3 is 19.7 Å². The second-order valence-electron chi connectivity index (χ2n) is 8.47. The Labute approximate surface area is 218 Å². The predicted octanol–water partition coefficient (Wildman–Crippen LogP) is 5.28. The minimum Gasteiger partial charge on any atom is -0.497 e. The Kier molecular flexibility index (Phi) is 10.6. The first kappa shape index (κ1) is 27.1. The van der Waals surface area contributed by atoms with E-state index in [0.717, 1.165) is 24.0 Å². The summed E-state index contributed by atoms with van der Waals surface area (Å²) in [5, 5.41) is 3.58. The van der Waals surface area contributed by atoms with Crippen molar-refractivity contribution in [2.45, 2.75) is 38.8 Å². The molecule has 0 fully saturated rings. The van der Waals surface area contributed by atoms with Gasteiger partial charge in [-0.1, -0.05) is 67.4 Å². The van der Waals surface area contributed by atoms with Crippen LogP contribution in [0.15, 0.2) is 78.9 Å². The first-order valence-electron chi connectivity index (χ1n) is 12.1. The van der Waals surface area contributed by atoms with Crippen molar-refractivity contribution in [3.05, 3.63) is 95.0 Å². The molecule has 2 amide bonds. The standard InChI is InChI=1S/C29H33ClN2O4/c1-3-4-17-31-29(34)27(19-22-9-6-5-7-10-22)32(20-23-11-8-12-24(30)18-23)28(33)21-36-26-15-13-25(35-2)14-16-26/h5-16,18,27H,3-4,17,19-21H2,1-2H3,(H,31,34). The molecule has 0 aliphatic rings. The lowest BCUT2D eigenvalue weighted by atomic mass is 10.0. The fourth-order valence-corrected chi connectivity index (χ4v) is 4.00. The van der Waals surface area contributed by atoms with Gasteiger partial charge in [-0.2, -0.15) is 0 Å². The molecular weight excluding hydrogens is 476 g/mol. The first-order chi connectivity index (χ1) is 17.5. The lowest BCUT2D eigenvalue weighted by molar-refractivity contribution is -0.142. The van der Waals surface area contributed by atoms with E-state index < -0.39 is 6.04 Å². The minimum absolute atomic E-state index is 0.188. The van der Waals surface area contributed by atoms with Crippen LogP contribution in [0.25, 0.3) is 0 Å². The quantitative estimate of drug-likeness (QED) is 0.319. The van der Waals surface area contributed by atoms with Crippen LogP contribution in [-0.4, -0.2) is 43.0 Å². The van der Waals surface area contributed by atoms with Gasteiger partial charge in [-0.3, -0.25) is 9.59 Å². The van der Waals surface area contributed by atoms with Gasteiger partial charge in [0.25, 0.3) is 5.91 Å². The molecule has 1 unspecified atom stereocenters. The second-order valence-corrected chi connectivity index (χ2v) is 8.90. The number of carbonyl (C=O) groups is 2. The molecule has 3 rings (SSSR count). The topological polar surface area (TPSA) is 67.9 Å². The third-order valence-corrected chi connectivity index (χ3v) is 6.00. The molecule has 0 aliphatic carbocycles. The van der Waals surface area contributed by atoms with E-state index >= 15 is 0 Å². The minimum atomic E-state index is -0.713. The zero-order valence-electron chi connectivity index (χ0n) is 20.8. The first-order valence-corrected chi connectivity index (χ1v) is 12.5. The fourth-order valence-electron chi connectivity index (χ4n) is 3.79. The number of hydrogen-bond donors (Lipinski definition) is 1. The van der Waals surface area contributed by atoms with Gasteiger partial charge in [0.1, 0.15) is 17.5 Å². The third-order valence-electron chi connectivity index (χ3n) is 5.76. The average Bonchev–Trinajstić information content (AvgIpc) is 2.90. The molecule has 0 saturated carbocycles. The molecule has 1 N–H and O–H groups in total. The smallest absolute Gasteiger partial charge is 0.261 e. The number of carbonyl (C=O) groups excluding carboxylic acids is 2. The van der Waals surface area contributed by atoms with Crippen LogP contribution in [-0.2, 0) is 22.6 Å². The van der Waals surface area contributed by atoms with Crippen molar-refractivity contribution >= 4 is 23.4 Å². The van der Waals surface area contributed by atoms with Crippen LogP contribution in [0.2, 0.25) is 5.02 Å². The van der Waals surface area contributed by atoms with Gasteiger partial charge in [0, 0.05) is 24.5 Å². The van der Waals surface area contributed by atoms with Crippen molar-refractivity contribution in [2.75, 3.05) is 20.3 Å². The molecule has 0 aliphatic heterocycles. The highest BCUT2D eigenvalue weighted by Crippen LogP contribution is 2.20. The van der Waals surface area contributed by atoms with E-state index in [0.29, 0.717) is 29.5 Å². The number of ether oxygens (including phenoxy) is 2. The van der Waals surface area contributed by atoms with Gasteiger partial charge in [0.15, 0.2) is 6.61 Å².